The molecule has 0 amide bonds. The molecule has 1 aliphatic heterocycles. The molecule has 0 saturated carbocycles. The van der Waals surface area contributed by atoms with Crippen LogP contribution in [0.5, 0.6) is 0 Å². The Balaban J connectivity index is 1.53. The summed E-state index contributed by atoms with van der Waals surface area (Å²) >= 11 is 0. The van der Waals surface area contributed by atoms with E-state index in [1.165, 1.54) is 19.3 Å². The van der Waals surface area contributed by atoms with Gasteiger partial charge in [0, 0.05) is 29.8 Å². The number of unbranched alkanes of at least 4 members (excludes halogenated alkanes) is 2. The van der Waals surface area contributed by atoms with Crippen LogP contribution in [0.15, 0.2) is 64.5 Å². The maximum absolute atomic E-state index is 13.6. The van der Waals surface area contributed by atoms with Crippen LogP contribution in [0.2, 0.25) is 0 Å². The van der Waals surface area contributed by atoms with E-state index in [0.717, 1.165) is 42.3 Å². The molecule has 2 atom stereocenters. The average molecular weight is 461 g/mol. The number of amidine groups is 1. The average Bonchev–Trinajstić information content (AvgIpc) is 2.85. The predicted octanol–water partition coefficient (Wildman–Crippen LogP) is 5.20. The van der Waals surface area contributed by atoms with Gasteiger partial charge >= 0.3 is 0 Å². The summed E-state index contributed by atoms with van der Waals surface area (Å²) in [6, 6.07) is 18.6. The maximum atomic E-state index is 13.6. The summed E-state index contributed by atoms with van der Waals surface area (Å²) in [5.41, 5.74) is 8.71. The van der Waals surface area contributed by atoms with Gasteiger partial charge in [0.25, 0.3) is 5.56 Å². The zero-order valence-electron chi connectivity index (χ0n) is 20.3. The van der Waals surface area contributed by atoms with Crippen LogP contribution in [0.4, 0.5) is 0 Å². The quantitative estimate of drug-likeness (QED) is 0.159. The normalized spacial score (nSPS) is 19.5. The number of piperidine rings is 1. The van der Waals surface area contributed by atoms with Gasteiger partial charge in [-0.1, -0.05) is 54.4 Å². The van der Waals surface area contributed by atoms with Crippen molar-refractivity contribution in [3.8, 4) is 11.1 Å². The summed E-state index contributed by atoms with van der Waals surface area (Å²) in [4.78, 5) is 16.2. The third kappa shape index (κ3) is 5.17. The zero-order valence-corrected chi connectivity index (χ0v) is 20.3. The van der Waals surface area contributed by atoms with Gasteiger partial charge in [-0.15, -0.1) is 0 Å². The summed E-state index contributed by atoms with van der Waals surface area (Å²) in [6.45, 7) is 6.53. The number of oxime groups is 1. The molecule has 0 spiro atoms. The molecule has 2 heterocycles. The highest BCUT2D eigenvalue weighted by atomic mass is 16.4. The van der Waals surface area contributed by atoms with E-state index in [2.05, 4.69) is 23.9 Å². The zero-order chi connectivity index (χ0) is 24.1. The highest BCUT2D eigenvalue weighted by Gasteiger charge is 2.23. The lowest BCUT2D eigenvalue weighted by Crippen LogP contribution is -2.44. The van der Waals surface area contributed by atoms with Crippen molar-refractivity contribution in [3.63, 3.8) is 0 Å². The smallest absolute Gasteiger partial charge is 0.258 e. The number of aryl methyl sites for hydroxylation is 1. The molecule has 1 aliphatic rings. The van der Waals surface area contributed by atoms with Gasteiger partial charge in [-0.25, -0.2) is 0 Å². The van der Waals surface area contributed by atoms with Crippen LogP contribution in [0.3, 0.4) is 0 Å². The Kier molecular flexibility index (Phi) is 7.68. The SMILES string of the molecule is CC1CCCC(C)N1CCCCCn1c(=O)c(-c2cccc(/C(N)=N\O)c2)cc2ccccc21. The molecule has 0 radical (unpaired) electrons. The Morgan fingerprint density at radius 2 is 1.74 bits per heavy atom. The number of para-hydroxylation sites is 1. The van der Waals surface area contributed by atoms with E-state index in [1.807, 2.05) is 47.0 Å². The Labute approximate surface area is 201 Å². The van der Waals surface area contributed by atoms with Crippen LogP contribution < -0.4 is 11.3 Å². The van der Waals surface area contributed by atoms with E-state index in [4.69, 9.17) is 10.9 Å². The summed E-state index contributed by atoms with van der Waals surface area (Å²) < 4.78 is 1.91. The highest BCUT2D eigenvalue weighted by molar-refractivity contribution is 5.98. The number of hydrogen-bond donors (Lipinski definition) is 2. The second-order valence-electron chi connectivity index (χ2n) is 9.57. The molecule has 2 unspecified atom stereocenters. The van der Waals surface area contributed by atoms with Gasteiger partial charge in [0.05, 0.1) is 5.52 Å². The lowest BCUT2D eigenvalue weighted by atomic mass is 9.97. The molecule has 3 N–H and O–H groups in total. The molecular weight excluding hydrogens is 424 g/mol. The van der Waals surface area contributed by atoms with Crippen LogP contribution in [0, 0.1) is 0 Å². The second-order valence-corrected chi connectivity index (χ2v) is 9.57. The second kappa shape index (κ2) is 10.9. The lowest BCUT2D eigenvalue weighted by molar-refractivity contribution is 0.101. The van der Waals surface area contributed by atoms with Crippen molar-refractivity contribution < 1.29 is 5.21 Å². The Bertz CT molecular complexity index is 1210. The molecule has 4 rings (SSSR count). The number of benzene rings is 2. The summed E-state index contributed by atoms with van der Waals surface area (Å²) in [7, 11) is 0. The monoisotopic (exact) mass is 460 g/mol. The fourth-order valence-electron chi connectivity index (χ4n) is 5.32. The van der Waals surface area contributed by atoms with Crippen molar-refractivity contribution in [3.05, 3.63) is 70.5 Å². The van der Waals surface area contributed by atoms with Gasteiger partial charge in [0.2, 0.25) is 0 Å². The van der Waals surface area contributed by atoms with E-state index in [0.29, 0.717) is 29.8 Å². The molecule has 0 bridgehead atoms. The van der Waals surface area contributed by atoms with Crippen molar-refractivity contribution in [2.24, 2.45) is 10.9 Å². The Morgan fingerprint density at radius 3 is 2.50 bits per heavy atom. The van der Waals surface area contributed by atoms with E-state index in [1.54, 1.807) is 12.1 Å². The number of likely N-dealkylation sites (tertiary alicyclic amines) is 1. The van der Waals surface area contributed by atoms with Crippen molar-refractivity contribution in [1.29, 1.82) is 0 Å². The van der Waals surface area contributed by atoms with Crippen molar-refractivity contribution >= 4 is 16.7 Å². The highest BCUT2D eigenvalue weighted by Crippen LogP contribution is 2.24. The minimum atomic E-state index is -0.00589. The molecule has 0 aliphatic carbocycles. The van der Waals surface area contributed by atoms with Gasteiger partial charge in [0.15, 0.2) is 5.84 Å². The number of hydrogen-bond acceptors (Lipinski definition) is 4. The number of nitrogens with zero attached hydrogens (tertiary/aromatic N) is 3. The predicted molar refractivity (Wildman–Crippen MR) is 139 cm³/mol. The number of pyridine rings is 1. The molecule has 1 aromatic heterocycles. The van der Waals surface area contributed by atoms with Crippen molar-refractivity contribution in [2.45, 2.75) is 71.0 Å². The summed E-state index contributed by atoms with van der Waals surface area (Å²) in [6.07, 6.45) is 7.16. The largest absolute Gasteiger partial charge is 0.409 e. The number of nitrogens with two attached hydrogens (primary N) is 1. The van der Waals surface area contributed by atoms with Gasteiger partial charge in [0.1, 0.15) is 0 Å². The van der Waals surface area contributed by atoms with Crippen LogP contribution in [0.1, 0.15) is 57.9 Å². The maximum Gasteiger partial charge on any atom is 0.258 e. The van der Waals surface area contributed by atoms with Gasteiger partial charge < -0.3 is 15.5 Å². The van der Waals surface area contributed by atoms with E-state index < -0.39 is 0 Å². The molecular formula is C28H36N4O2. The molecule has 1 fully saturated rings. The van der Waals surface area contributed by atoms with Crippen molar-refractivity contribution in [2.75, 3.05) is 6.54 Å². The molecule has 1 saturated heterocycles. The first-order valence-corrected chi connectivity index (χ1v) is 12.5. The molecule has 3 aromatic rings. The van der Waals surface area contributed by atoms with Gasteiger partial charge in [-0.2, -0.15) is 0 Å². The minimum absolute atomic E-state index is 0.00589. The molecule has 2 aromatic carbocycles. The van der Waals surface area contributed by atoms with Crippen LogP contribution in [-0.2, 0) is 6.54 Å². The number of rotatable bonds is 8. The molecule has 180 valence electrons. The third-order valence-electron chi connectivity index (χ3n) is 7.25. The first kappa shape index (κ1) is 24.0. The molecule has 6 nitrogen and oxygen atoms in total. The first-order valence-electron chi connectivity index (χ1n) is 12.5. The summed E-state index contributed by atoms with van der Waals surface area (Å²) in [5, 5.41) is 13.2. The number of fused-ring (bicyclic) bond motifs is 1. The Morgan fingerprint density at radius 1 is 1.00 bits per heavy atom. The van der Waals surface area contributed by atoms with E-state index >= 15 is 0 Å². The molecule has 6 heteroatoms. The van der Waals surface area contributed by atoms with Gasteiger partial charge in [-0.3, -0.25) is 9.69 Å². The van der Waals surface area contributed by atoms with Crippen molar-refractivity contribution in [1.82, 2.24) is 9.47 Å². The Hall–Kier alpha value is -3.12. The van der Waals surface area contributed by atoms with E-state index in [-0.39, 0.29) is 11.4 Å². The fourth-order valence-corrected chi connectivity index (χ4v) is 5.32. The van der Waals surface area contributed by atoms with Crippen LogP contribution in [0.25, 0.3) is 22.0 Å². The van der Waals surface area contributed by atoms with Gasteiger partial charge in [-0.05, 0) is 75.2 Å². The third-order valence-corrected chi connectivity index (χ3v) is 7.25. The minimum Gasteiger partial charge on any atom is -0.409 e. The summed E-state index contributed by atoms with van der Waals surface area (Å²) in [5.74, 6) is 0.0281. The fraction of sp³-hybridized carbons (Fsp3) is 0.429. The molecule has 34 heavy (non-hydrogen) atoms. The standard InChI is InChI=1S/C28H36N4O2/c1-20-10-8-11-21(2)31(20)16-6-3-7-17-32-26-15-5-4-12-23(26)19-25(28(32)33)22-13-9-14-24(18-22)27(29)30-34/h4-5,9,12-15,18-21,34H,3,6-8,10-11,16-17H2,1-2H3,(H2,29,30). The lowest BCUT2D eigenvalue weighted by Gasteiger charge is -2.39. The topological polar surface area (TPSA) is 83.9 Å². The first-order chi connectivity index (χ1) is 16.5. The van der Waals surface area contributed by atoms with Crippen LogP contribution in [-0.4, -0.2) is 39.1 Å². The van der Waals surface area contributed by atoms with Crippen LogP contribution >= 0.6 is 0 Å². The number of aromatic nitrogens is 1. The van der Waals surface area contributed by atoms with E-state index in [9.17, 15) is 4.79 Å².